The van der Waals surface area contributed by atoms with Gasteiger partial charge in [0.1, 0.15) is 0 Å². The summed E-state index contributed by atoms with van der Waals surface area (Å²) in [5, 5.41) is 8.61. The van der Waals surface area contributed by atoms with Gasteiger partial charge in [-0.1, -0.05) is 64.7 Å². The monoisotopic (exact) mass is 473 g/mol. The number of ether oxygens (including phenoxy) is 4. The molecule has 4 atom stereocenters. The molecular weight excluding hydrogens is 420 g/mol. The fourth-order valence-corrected chi connectivity index (χ4v) is 3.51. The van der Waals surface area contributed by atoms with Crippen molar-refractivity contribution in [3.63, 3.8) is 0 Å². The van der Waals surface area contributed by atoms with Crippen molar-refractivity contribution < 1.29 is 28.8 Å². The van der Waals surface area contributed by atoms with E-state index in [9.17, 15) is 4.79 Å². The zero-order valence-electron chi connectivity index (χ0n) is 22.2. The molecule has 0 fully saturated rings. The van der Waals surface area contributed by atoms with E-state index in [2.05, 4.69) is 13.8 Å². The number of carboxylic acids is 1. The number of rotatable bonds is 25. The van der Waals surface area contributed by atoms with Crippen molar-refractivity contribution in [2.45, 2.75) is 136 Å². The lowest BCUT2D eigenvalue weighted by Gasteiger charge is -2.21. The Labute approximate surface area is 204 Å². The Kier molecular flexibility index (Phi) is 22.6. The number of carbonyl (C=O) groups is 1. The van der Waals surface area contributed by atoms with E-state index < -0.39 is 5.97 Å². The van der Waals surface area contributed by atoms with Crippen molar-refractivity contribution in [1.82, 2.24) is 0 Å². The highest BCUT2D eigenvalue weighted by Crippen LogP contribution is 2.13. The van der Waals surface area contributed by atoms with E-state index >= 15 is 0 Å². The smallest absolute Gasteiger partial charge is 0.303 e. The Balaban J connectivity index is 3.48. The second kappa shape index (κ2) is 23.1. The van der Waals surface area contributed by atoms with Crippen LogP contribution in [0.15, 0.2) is 0 Å². The van der Waals surface area contributed by atoms with Crippen LogP contribution in [0.25, 0.3) is 0 Å². The van der Waals surface area contributed by atoms with Gasteiger partial charge in [0, 0.05) is 13.0 Å². The Morgan fingerprint density at radius 3 is 1.48 bits per heavy atom. The first kappa shape index (κ1) is 32.3. The molecular formula is C27H53O6. The number of carboxylic acid groups (broad SMARTS) is 1. The Morgan fingerprint density at radius 2 is 1.03 bits per heavy atom. The summed E-state index contributed by atoms with van der Waals surface area (Å²) in [6, 6.07) is 0. The molecule has 0 aliphatic heterocycles. The van der Waals surface area contributed by atoms with Gasteiger partial charge in [-0.2, -0.15) is 0 Å². The Hall–Kier alpha value is -0.690. The molecule has 0 aromatic rings. The zero-order valence-corrected chi connectivity index (χ0v) is 22.2. The van der Waals surface area contributed by atoms with Crippen LogP contribution >= 0.6 is 0 Å². The molecule has 0 saturated carbocycles. The lowest BCUT2D eigenvalue weighted by atomic mass is 10.0. The molecule has 0 aromatic heterocycles. The van der Waals surface area contributed by atoms with E-state index in [0.717, 1.165) is 19.3 Å². The average molecular weight is 474 g/mol. The highest BCUT2D eigenvalue weighted by molar-refractivity contribution is 5.66. The second-order valence-corrected chi connectivity index (χ2v) is 9.45. The van der Waals surface area contributed by atoms with Crippen molar-refractivity contribution in [3.8, 4) is 0 Å². The van der Waals surface area contributed by atoms with Gasteiger partial charge in [-0.05, 0) is 47.0 Å². The van der Waals surface area contributed by atoms with Gasteiger partial charge in [-0.25, -0.2) is 0 Å². The molecule has 6 heteroatoms. The van der Waals surface area contributed by atoms with E-state index in [1.54, 1.807) is 0 Å². The molecule has 0 heterocycles. The zero-order chi connectivity index (χ0) is 24.7. The van der Waals surface area contributed by atoms with E-state index in [4.69, 9.17) is 24.1 Å². The first-order chi connectivity index (χ1) is 15.8. The summed E-state index contributed by atoms with van der Waals surface area (Å²) in [6.07, 6.45) is 15.8. The second-order valence-electron chi connectivity index (χ2n) is 9.45. The average Bonchev–Trinajstić information content (AvgIpc) is 2.79. The quantitative estimate of drug-likeness (QED) is 0.151. The molecule has 0 spiro atoms. The third kappa shape index (κ3) is 24.2. The first-order valence-corrected chi connectivity index (χ1v) is 13.3. The van der Waals surface area contributed by atoms with Gasteiger partial charge < -0.3 is 24.1 Å². The minimum Gasteiger partial charge on any atom is -0.481 e. The van der Waals surface area contributed by atoms with Crippen LogP contribution in [0, 0.1) is 6.42 Å². The summed E-state index contributed by atoms with van der Waals surface area (Å²) >= 11 is 0. The summed E-state index contributed by atoms with van der Waals surface area (Å²) in [7, 11) is 0. The maximum absolute atomic E-state index is 10.5. The van der Waals surface area contributed by atoms with Crippen LogP contribution in [0.2, 0.25) is 0 Å². The van der Waals surface area contributed by atoms with Gasteiger partial charge in [0.25, 0.3) is 0 Å². The number of hydrogen-bond donors (Lipinski definition) is 1. The molecule has 0 aliphatic carbocycles. The van der Waals surface area contributed by atoms with Gasteiger partial charge in [-0.3, -0.25) is 4.79 Å². The predicted octanol–water partition coefficient (Wildman–Crippen LogP) is 6.60. The van der Waals surface area contributed by atoms with E-state index in [0.29, 0.717) is 32.8 Å². The molecule has 0 bridgehead atoms. The fraction of sp³-hybridized carbons (Fsp3) is 0.926. The summed E-state index contributed by atoms with van der Waals surface area (Å²) in [4.78, 5) is 10.5. The molecule has 1 radical (unpaired) electrons. The maximum Gasteiger partial charge on any atom is 0.303 e. The van der Waals surface area contributed by atoms with Crippen LogP contribution < -0.4 is 0 Å². The van der Waals surface area contributed by atoms with Crippen LogP contribution in [0.1, 0.15) is 112 Å². The molecule has 0 rings (SSSR count). The summed E-state index contributed by atoms with van der Waals surface area (Å²) in [5.74, 6) is -0.675. The van der Waals surface area contributed by atoms with Crippen molar-refractivity contribution >= 4 is 5.97 Å². The van der Waals surface area contributed by atoms with E-state index in [1.165, 1.54) is 51.4 Å². The first-order valence-electron chi connectivity index (χ1n) is 13.3. The third-order valence-corrected chi connectivity index (χ3v) is 5.65. The van der Waals surface area contributed by atoms with Gasteiger partial charge in [0.15, 0.2) is 0 Å². The normalized spacial score (nSPS) is 15.3. The van der Waals surface area contributed by atoms with E-state index in [1.807, 2.05) is 27.2 Å². The highest BCUT2D eigenvalue weighted by atomic mass is 16.6. The van der Waals surface area contributed by atoms with Crippen molar-refractivity contribution in [1.29, 1.82) is 0 Å². The van der Waals surface area contributed by atoms with Crippen molar-refractivity contribution in [2.24, 2.45) is 0 Å². The number of hydrogen-bond acceptors (Lipinski definition) is 5. The van der Waals surface area contributed by atoms with Crippen molar-refractivity contribution in [2.75, 3.05) is 26.4 Å². The summed E-state index contributed by atoms with van der Waals surface area (Å²) in [5.41, 5.74) is 0. The number of aliphatic carboxylic acids is 1. The largest absolute Gasteiger partial charge is 0.481 e. The lowest BCUT2D eigenvalue weighted by Crippen LogP contribution is -2.27. The van der Waals surface area contributed by atoms with Crippen LogP contribution in [0.4, 0.5) is 0 Å². The fourth-order valence-electron chi connectivity index (χ4n) is 3.51. The minimum absolute atomic E-state index is 0.0402. The topological polar surface area (TPSA) is 74.2 Å². The summed E-state index contributed by atoms with van der Waals surface area (Å²) in [6.45, 7) is 12.6. The summed E-state index contributed by atoms with van der Waals surface area (Å²) < 4.78 is 23.2. The maximum atomic E-state index is 10.5. The van der Waals surface area contributed by atoms with Gasteiger partial charge in [0.2, 0.25) is 0 Å². The van der Waals surface area contributed by atoms with Crippen molar-refractivity contribution in [3.05, 3.63) is 6.42 Å². The molecule has 4 unspecified atom stereocenters. The van der Waals surface area contributed by atoms with Crippen LogP contribution in [-0.4, -0.2) is 61.9 Å². The molecule has 0 amide bonds. The standard InChI is InChI=1S/C27H53O6/c1-6-19-30-24(3)20-32-26(5)22-33-25(4)21-31-23(2)17-15-13-11-9-7-8-10-12-14-16-18-27(28)29/h6,23-26H,7-22H2,1-5H3,(H,28,29). The minimum atomic E-state index is -0.675. The van der Waals surface area contributed by atoms with Gasteiger partial charge in [-0.15, -0.1) is 0 Å². The van der Waals surface area contributed by atoms with E-state index in [-0.39, 0.29) is 24.4 Å². The molecule has 197 valence electrons. The van der Waals surface area contributed by atoms with Crippen LogP contribution in [0.5, 0.6) is 0 Å². The van der Waals surface area contributed by atoms with Gasteiger partial charge >= 0.3 is 5.97 Å². The van der Waals surface area contributed by atoms with Crippen LogP contribution in [-0.2, 0) is 23.7 Å². The predicted molar refractivity (Wildman–Crippen MR) is 135 cm³/mol. The Bertz CT molecular complexity index is 431. The molecule has 0 aromatic carbocycles. The molecule has 0 aliphatic rings. The lowest BCUT2D eigenvalue weighted by molar-refractivity contribution is -0.137. The van der Waals surface area contributed by atoms with Crippen LogP contribution in [0.3, 0.4) is 0 Å². The Morgan fingerprint density at radius 1 is 0.636 bits per heavy atom. The molecule has 6 nitrogen and oxygen atoms in total. The SMILES string of the molecule is C[CH]COC(C)COC(C)COC(C)COC(C)CCCCCCCCCCCCC(=O)O. The third-order valence-electron chi connectivity index (χ3n) is 5.65. The molecule has 0 saturated heterocycles. The number of unbranched alkanes of at least 4 members (excludes halogenated alkanes) is 9. The van der Waals surface area contributed by atoms with Gasteiger partial charge in [0.05, 0.1) is 44.2 Å². The highest BCUT2D eigenvalue weighted by Gasteiger charge is 2.11. The molecule has 33 heavy (non-hydrogen) atoms. The molecule has 1 N–H and O–H groups in total.